The van der Waals surface area contributed by atoms with Gasteiger partial charge in [-0.3, -0.25) is 19.3 Å². The summed E-state index contributed by atoms with van der Waals surface area (Å²) in [6, 6.07) is 4.72. The van der Waals surface area contributed by atoms with Crippen molar-refractivity contribution in [2.45, 2.75) is 13.0 Å². The number of likely N-dealkylation sites (N-methyl/N-ethyl adjacent to an activating group) is 1. The molecule has 0 bridgehead atoms. The number of carboxylic acids is 1. The maximum atomic E-state index is 12.1. The Bertz CT molecular complexity index is 626. The Balaban J connectivity index is 2.40. The van der Waals surface area contributed by atoms with Crippen molar-refractivity contribution in [3.8, 4) is 5.75 Å². The van der Waals surface area contributed by atoms with E-state index in [-0.39, 0.29) is 12.3 Å². The maximum Gasteiger partial charge on any atom is 0.323 e. The van der Waals surface area contributed by atoms with Crippen LogP contribution in [0.4, 0.5) is 5.69 Å². The van der Waals surface area contributed by atoms with Crippen LogP contribution in [0.5, 0.6) is 5.75 Å². The van der Waals surface area contributed by atoms with Crippen molar-refractivity contribution in [2.24, 2.45) is 0 Å². The third-order valence-corrected chi connectivity index (χ3v) is 3.24. The van der Waals surface area contributed by atoms with Crippen molar-refractivity contribution in [1.29, 1.82) is 0 Å². The lowest BCUT2D eigenvalue weighted by atomic mass is 10.1. The van der Waals surface area contributed by atoms with E-state index >= 15 is 0 Å². The molecule has 0 aromatic heterocycles. The van der Waals surface area contributed by atoms with E-state index in [9.17, 15) is 14.4 Å². The molecule has 1 aliphatic heterocycles. The van der Waals surface area contributed by atoms with Gasteiger partial charge in [0.1, 0.15) is 12.3 Å². The van der Waals surface area contributed by atoms with Crippen molar-refractivity contribution in [3.05, 3.63) is 23.8 Å². The van der Waals surface area contributed by atoms with Crippen molar-refractivity contribution >= 4 is 23.3 Å². The van der Waals surface area contributed by atoms with Crippen molar-refractivity contribution in [1.82, 2.24) is 4.90 Å². The number of hydrogen-bond acceptors (Lipinski definition) is 5. The first-order valence-electron chi connectivity index (χ1n) is 6.81. The van der Waals surface area contributed by atoms with Crippen LogP contribution >= 0.6 is 0 Å². The largest absolute Gasteiger partial charge is 0.480 e. The van der Waals surface area contributed by atoms with Crippen LogP contribution in [0, 0.1) is 0 Å². The minimum atomic E-state index is -1.13. The molecule has 0 spiro atoms. The van der Waals surface area contributed by atoms with Gasteiger partial charge in [-0.05, 0) is 39.2 Å². The van der Waals surface area contributed by atoms with Gasteiger partial charge in [0.15, 0.2) is 11.9 Å². The first kappa shape index (κ1) is 16.0. The molecule has 1 heterocycles. The van der Waals surface area contributed by atoms with E-state index < -0.39 is 24.5 Å². The fourth-order valence-corrected chi connectivity index (χ4v) is 2.26. The molecule has 1 atom stereocenters. The summed E-state index contributed by atoms with van der Waals surface area (Å²) in [4.78, 5) is 38.1. The zero-order chi connectivity index (χ0) is 16.4. The number of carbonyl (C=O) groups is 3. The van der Waals surface area contributed by atoms with Gasteiger partial charge in [-0.15, -0.1) is 0 Å². The zero-order valence-corrected chi connectivity index (χ0v) is 12.7. The SMILES string of the molecule is CC1Oc2ccc(C(=O)CN(C)C)cc2N(CC(=O)O)C1=O. The monoisotopic (exact) mass is 306 g/mol. The molecule has 7 nitrogen and oxygen atoms in total. The Hall–Kier alpha value is -2.41. The third kappa shape index (κ3) is 3.25. The summed E-state index contributed by atoms with van der Waals surface area (Å²) in [6.07, 6.45) is -0.754. The molecule has 1 amide bonds. The summed E-state index contributed by atoms with van der Waals surface area (Å²) >= 11 is 0. The molecular formula is C15H18N2O5. The van der Waals surface area contributed by atoms with Crippen molar-refractivity contribution in [2.75, 3.05) is 32.1 Å². The van der Waals surface area contributed by atoms with Crippen LogP contribution in [-0.2, 0) is 9.59 Å². The number of benzene rings is 1. The Morgan fingerprint density at radius 1 is 1.36 bits per heavy atom. The van der Waals surface area contributed by atoms with Gasteiger partial charge in [0.25, 0.3) is 5.91 Å². The third-order valence-electron chi connectivity index (χ3n) is 3.24. The van der Waals surface area contributed by atoms with Crippen LogP contribution in [-0.4, -0.2) is 61.0 Å². The molecule has 0 saturated carbocycles. The molecule has 0 fully saturated rings. The highest BCUT2D eigenvalue weighted by atomic mass is 16.5. The number of ketones is 1. The molecular weight excluding hydrogens is 288 g/mol. The normalized spacial score (nSPS) is 17.2. The fourth-order valence-electron chi connectivity index (χ4n) is 2.26. The van der Waals surface area contributed by atoms with Gasteiger partial charge in [0, 0.05) is 5.56 Å². The van der Waals surface area contributed by atoms with Crippen LogP contribution in [0.15, 0.2) is 18.2 Å². The summed E-state index contributed by atoms with van der Waals surface area (Å²) in [5.74, 6) is -1.28. The van der Waals surface area contributed by atoms with Crippen molar-refractivity contribution < 1.29 is 24.2 Å². The van der Waals surface area contributed by atoms with Gasteiger partial charge in [0.2, 0.25) is 0 Å². The number of aliphatic carboxylic acids is 1. The molecule has 2 rings (SSSR count). The van der Waals surface area contributed by atoms with Crippen LogP contribution < -0.4 is 9.64 Å². The van der Waals surface area contributed by atoms with Crippen LogP contribution in [0.2, 0.25) is 0 Å². The lowest BCUT2D eigenvalue weighted by molar-refractivity contribution is -0.137. The van der Waals surface area contributed by atoms with E-state index in [4.69, 9.17) is 9.84 Å². The number of carbonyl (C=O) groups excluding carboxylic acids is 2. The summed E-state index contributed by atoms with van der Waals surface area (Å²) in [5.41, 5.74) is 0.726. The maximum absolute atomic E-state index is 12.1. The lowest BCUT2D eigenvalue weighted by Crippen LogP contribution is -2.46. The number of ether oxygens (including phenoxy) is 1. The molecule has 1 aromatic carbocycles. The van der Waals surface area contributed by atoms with Gasteiger partial charge in [-0.25, -0.2) is 0 Å². The van der Waals surface area contributed by atoms with Gasteiger partial charge in [-0.2, -0.15) is 0 Å². The number of amides is 1. The number of carboxylic acid groups (broad SMARTS) is 1. The van der Waals surface area contributed by atoms with Gasteiger partial charge >= 0.3 is 5.97 Å². The molecule has 1 unspecified atom stereocenters. The molecule has 22 heavy (non-hydrogen) atoms. The smallest absolute Gasteiger partial charge is 0.323 e. The highest BCUT2D eigenvalue weighted by Gasteiger charge is 2.33. The first-order valence-corrected chi connectivity index (χ1v) is 6.81. The summed E-state index contributed by atoms with van der Waals surface area (Å²) in [7, 11) is 3.56. The fraction of sp³-hybridized carbons (Fsp3) is 0.400. The molecule has 1 aromatic rings. The van der Waals surface area contributed by atoms with Crippen LogP contribution in [0.1, 0.15) is 17.3 Å². The average Bonchev–Trinajstić information content (AvgIpc) is 2.42. The van der Waals surface area contributed by atoms with E-state index in [0.29, 0.717) is 17.0 Å². The van der Waals surface area contributed by atoms with E-state index in [0.717, 1.165) is 4.90 Å². The van der Waals surface area contributed by atoms with Crippen LogP contribution in [0.3, 0.4) is 0 Å². The molecule has 0 radical (unpaired) electrons. The predicted octanol–water partition coefficient (Wildman–Crippen LogP) is 0.629. The average molecular weight is 306 g/mol. The zero-order valence-electron chi connectivity index (χ0n) is 12.7. The molecule has 7 heteroatoms. The number of nitrogens with zero attached hydrogens (tertiary/aromatic N) is 2. The summed E-state index contributed by atoms with van der Waals surface area (Å²) in [5, 5.41) is 8.98. The highest BCUT2D eigenvalue weighted by Crippen LogP contribution is 2.34. The molecule has 1 aliphatic rings. The van der Waals surface area contributed by atoms with Gasteiger partial charge in [0.05, 0.1) is 12.2 Å². The molecule has 0 aliphatic carbocycles. The lowest BCUT2D eigenvalue weighted by Gasteiger charge is -2.32. The number of anilines is 1. The highest BCUT2D eigenvalue weighted by molar-refractivity contribution is 6.05. The Morgan fingerprint density at radius 3 is 2.64 bits per heavy atom. The van der Waals surface area contributed by atoms with Gasteiger partial charge < -0.3 is 14.7 Å². The second-order valence-electron chi connectivity index (χ2n) is 5.42. The standard InChI is InChI=1S/C15H18N2O5/c1-9-15(21)17(8-14(19)20)11-6-10(4-5-13(11)22-9)12(18)7-16(2)3/h4-6,9H,7-8H2,1-3H3,(H,19,20). The second kappa shape index (κ2) is 6.15. The Kier molecular flexibility index (Phi) is 4.46. The summed E-state index contributed by atoms with van der Waals surface area (Å²) < 4.78 is 5.47. The number of Topliss-reactive ketones (excluding diaryl/α,β-unsaturated/α-hetero) is 1. The first-order chi connectivity index (χ1) is 10.3. The predicted molar refractivity (Wildman–Crippen MR) is 79.4 cm³/mol. The topological polar surface area (TPSA) is 87.2 Å². The van der Waals surface area contributed by atoms with E-state index in [1.165, 1.54) is 6.07 Å². The van der Waals surface area contributed by atoms with E-state index in [1.54, 1.807) is 38.1 Å². The van der Waals surface area contributed by atoms with E-state index in [2.05, 4.69) is 0 Å². The Morgan fingerprint density at radius 2 is 2.05 bits per heavy atom. The van der Waals surface area contributed by atoms with E-state index in [1.807, 2.05) is 0 Å². The molecule has 1 N–H and O–H groups in total. The second-order valence-corrected chi connectivity index (χ2v) is 5.42. The number of rotatable bonds is 5. The minimum absolute atomic E-state index is 0.117. The number of fused-ring (bicyclic) bond motifs is 1. The Labute approximate surface area is 128 Å². The quantitative estimate of drug-likeness (QED) is 0.803. The summed E-state index contributed by atoms with van der Waals surface area (Å²) in [6.45, 7) is 1.32. The minimum Gasteiger partial charge on any atom is -0.480 e. The molecule has 0 saturated heterocycles. The number of hydrogen-bond donors (Lipinski definition) is 1. The van der Waals surface area contributed by atoms with Crippen LogP contribution in [0.25, 0.3) is 0 Å². The molecule has 118 valence electrons. The van der Waals surface area contributed by atoms with Crippen molar-refractivity contribution in [3.63, 3.8) is 0 Å². The van der Waals surface area contributed by atoms with Gasteiger partial charge in [-0.1, -0.05) is 0 Å².